The van der Waals surface area contributed by atoms with Crippen molar-refractivity contribution in [1.82, 2.24) is 15.3 Å². The fourth-order valence-corrected chi connectivity index (χ4v) is 1.37. The number of anilines is 1. The first-order valence-corrected chi connectivity index (χ1v) is 6.01. The highest BCUT2D eigenvalue weighted by Gasteiger charge is 2.19. The van der Waals surface area contributed by atoms with E-state index in [0.717, 1.165) is 0 Å². The molecule has 0 saturated carbocycles. The Morgan fingerprint density at radius 2 is 1.95 bits per heavy atom. The quantitative estimate of drug-likeness (QED) is 0.706. The molecule has 0 aliphatic heterocycles. The number of nitrogens with zero attached hydrogens (tertiary/aromatic N) is 2. The summed E-state index contributed by atoms with van der Waals surface area (Å²) in [4.78, 5) is 31.4. The summed E-state index contributed by atoms with van der Waals surface area (Å²) in [5.74, 6) is -0.389. The monoisotopic (exact) mass is 265 g/mol. The molecule has 0 aliphatic rings. The fourth-order valence-electron chi connectivity index (χ4n) is 1.37. The van der Waals surface area contributed by atoms with E-state index in [4.69, 9.17) is 5.73 Å². The second-order valence-electron chi connectivity index (χ2n) is 4.49. The molecule has 1 heterocycles. The van der Waals surface area contributed by atoms with E-state index >= 15 is 0 Å². The van der Waals surface area contributed by atoms with Crippen LogP contribution in [-0.4, -0.2) is 34.9 Å². The molecule has 0 saturated heterocycles. The summed E-state index contributed by atoms with van der Waals surface area (Å²) in [5, 5.41) is 5.34. The van der Waals surface area contributed by atoms with Crippen molar-refractivity contribution in [3.05, 3.63) is 17.7 Å². The van der Waals surface area contributed by atoms with Gasteiger partial charge in [-0.3, -0.25) is 9.59 Å². The molecule has 0 bridgehead atoms. The highest BCUT2D eigenvalue weighted by molar-refractivity contribution is 5.99. The summed E-state index contributed by atoms with van der Waals surface area (Å²) in [6.45, 7) is 5.38. The maximum Gasteiger partial charge on any atom is 0.272 e. The van der Waals surface area contributed by atoms with E-state index < -0.39 is 17.9 Å². The minimum absolute atomic E-state index is 0.103. The molecule has 0 radical (unpaired) electrons. The predicted octanol–water partition coefficient (Wildman–Crippen LogP) is 0.245. The van der Waals surface area contributed by atoms with Crippen LogP contribution in [0.3, 0.4) is 0 Å². The number of hydrogen-bond donors (Lipinski definition) is 3. The van der Waals surface area contributed by atoms with Gasteiger partial charge in [0.2, 0.25) is 5.91 Å². The molecule has 19 heavy (non-hydrogen) atoms. The zero-order valence-electron chi connectivity index (χ0n) is 11.5. The Bertz CT molecular complexity index is 487. The summed E-state index contributed by atoms with van der Waals surface area (Å²) < 4.78 is 0. The number of nitrogens with two attached hydrogens (primary N) is 1. The Morgan fingerprint density at radius 1 is 1.32 bits per heavy atom. The van der Waals surface area contributed by atoms with Crippen molar-refractivity contribution < 1.29 is 9.59 Å². The van der Waals surface area contributed by atoms with Gasteiger partial charge in [0.15, 0.2) is 5.69 Å². The maximum atomic E-state index is 12.1. The lowest BCUT2D eigenvalue weighted by molar-refractivity contribution is -0.119. The van der Waals surface area contributed by atoms with E-state index in [0.29, 0.717) is 11.5 Å². The molecule has 0 fully saturated rings. The van der Waals surface area contributed by atoms with Crippen molar-refractivity contribution in [3.8, 4) is 0 Å². The molecule has 4 N–H and O–H groups in total. The van der Waals surface area contributed by atoms with Crippen LogP contribution in [-0.2, 0) is 4.79 Å². The molecule has 0 aliphatic carbocycles. The third kappa shape index (κ3) is 3.64. The van der Waals surface area contributed by atoms with Crippen LogP contribution < -0.4 is 16.4 Å². The highest BCUT2D eigenvalue weighted by atomic mass is 16.2. The number of hydrogen-bond acceptors (Lipinski definition) is 5. The van der Waals surface area contributed by atoms with Crippen LogP contribution in [0, 0.1) is 0 Å². The molecular weight excluding hydrogens is 246 g/mol. The van der Waals surface area contributed by atoms with Gasteiger partial charge in [0.1, 0.15) is 11.9 Å². The number of primary amides is 1. The average molecular weight is 265 g/mol. The average Bonchev–Trinajstić information content (AvgIpc) is 2.37. The van der Waals surface area contributed by atoms with Crippen molar-refractivity contribution >= 4 is 17.5 Å². The largest absolute Gasteiger partial charge is 0.385 e. The van der Waals surface area contributed by atoms with Gasteiger partial charge in [-0.25, -0.2) is 9.97 Å². The van der Waals surface area contributed by atoms with Gasteiger partial charge >= 0.3 is 0 Å². The molecule has 1 aromatic rings. The number of carbonyl (C=O) groups excluding carboxylic acids is 2. The summed E-state index contributed by atoms with van der Waals surface area (Å²) in [5.41, 5.74) is 5.81. The van der Waals surface area contributed by atoms with Crippen molar-refractivity contribution in [3.63, 3.8) is 0 Å². The Hall–Kier alpha value is -2.18. The molecule has 7 heteroatoms. The van der Waals surface area contributed by atoms with Gasteiger partial charge in [0.25, 0.3) is 5.91 Å². The normalized spacial score (nSPS) is 12.1. The van der Waals surface area contributed by atoms with E-state index in [2.05, 4.69) is 20.6 Å². The molecule has 1 atom stereocenters. The van der Waals surface area contributed by atoms with Crippen molar-refractivity contribution in [2.45, 2.75) is 32.7 Å². The van der Waals surface area contributed by atoms with Crippen LogP contribution in [0.5, 0.6) is 0 Å². The van der Waals surface area contributed by atoms with Crippen molar-refractivity contribution in [2.75, 3.05) is 12.4 Å². The lowest BCUT2D eigenvalue weighted by atomic mass is 10.2. The van der Waals surface area contributed by atoms with Gasteiger partial charge in [-0.1, -0.05) is 13.8 Å². The lowest BCUT2D eigenvalue weighted by Crippen LogP contribution is -2.42. The predicted molar refractivity (Wildman–Crippen MR) is 71.8 cm³/mol. The second kappa shape index (κ2) is 6.12. The molecule has 1 unspecified atom stereocenters. The third-order valence-electron chi connectivity index (χ3n) is 2.58. The van der Waals surface area contributed by atoms with Crippen LogP contribution in [0.15, 0.2) is 6.20 Å². The first-order valence-electron chi connectivity index (χ1n) is 6.01. The van der Waals surface area contributed by atoms with Gasteiger partial charge in [0, 0.05) is 13.0 Å². The Morgan fingerprint density at radius 3 is 2.42 bits per heavy atom. The number of amides is 2. The van der Waals surface area contributed by atoms with Crippen molar-refractivity contribution in [1.29, 1.82) is 0 Å². The first-order chi connectivity index (χ1) is 8.86. The molecule has 104 valence electrons. The molecule has 0 aromatic carbocycles. The summed E-state index contributed by atoms with van der Waals surface area (Å²) in [6.07, 6.45) is 1.55. The van der Waals surface area contributed by atoms with E-state index in [1.165, 1.54) is 6.92 Å². The van der Waals surface area contributed by atoms with Crippen LogP contribution in [0.25, 0.3) is 0 Å². The van der Waals surface area contributed by atoms with Gasteiger partial charge in [0.05, 0.1) is 11.9 Å². The number of nitrogens with one attached hydrogen (secondary N) is 2. The summed E-state index contributed by atoms with van der Waals surface area (Å²) in [7, 11) is 1.67. The fraction of sp³-hybridized carbons (Fsp3) is 0.500. The van der Waals surface area contributed by atoms with Gasteiger partial charge in [-0.2, -0.15) is 0 Å². The Labute approximate surface area is 112 Å². The van der Waals surface area contributed by atoms with Crippen molar-refractivity contribution in [2.24, 2.45) is 5.73 Å². The van der Waals surface area contributed by atoms with Crippen LogP contribution in [0.2, 0.25) is 0 Å². The van der Waals surface area contributed by atoms with Crippen LogP contribution >= 0.6 is 0 Å². The van der Waals surface area contributed by atoms with Gasteiger partial charge < -0.3 is 16.4 Å². The zero-order chi connectivity index (χ0) is 14.6. The zero-order valence-corrected chi connectivity index (χ0v) is 11.5. The molecule has 1 aromatic heterocycles. The molecule has 7 nitrogen and oxygen atoms in total. The van der Waals surface area contributed by atoms with E-state index in [9.17, 15) is 9.59 Å². The third-order valence-corrected chi connectivity index (χ3v) is 2.58. The first kappa shape index (κ1) is 14.9. The minimum atomic E-state index is -0.755. The number of rotatable bonds is 5. The maximum absolute atomic E-state index is 12.1. The summed E-state index contributed by atoms with van der Waals surface area (Å²) >= 11 is 0. The summed E-state index contributed by atoms with van der Waals surface area (Å²) in [6, 6.07) is -0.755. The molecule has 2 amide bonds. The minimum Gasteiger partial charge on any atom is -0.385 e. The Balaban J connectivity index is 3.05. The second-order valence-corrected chi connectivity index (χ2v) is 4.49. The molecule has 1 rings (SSSR count). The van der Waals surface area contributed by atoms with E-state index in [1.807, 2.05) is 13.8 Å². The molecular formula is C12H19N5O2. The SMILES string of the molecule is CNc1cnc(C(C)C)nc1C(=O)NC(C)C(N)=O. The topological polar surface area (TPSA) is 110 Å². The van der Waals surface area contributed by atoms with Crippen LogP contribution in [0.4, 0.5) is 5.69 Å². The Kier molecular flexibility index (Phi) is 4.80. The highest BCUT2D eigenvalue weighted by Crippen LogP contribution is 2.15. The lowest BCUT2D eigenvalue weighted by Gasteiger charge is -2.13. The van der Waals surface area contributed by atoms with E-state index in [-0.39, 0.29) is 11.6 Å². The van der Waals surface area contributed by atoms with Crippen LogP contribution in [0.1, 0.15) is 43.0 Å². The van der Waals surface area contributed by atoms with Gasteiger partial charge in [-0.05, 0) is 6.92 Å². The number of aromatic nitrogens is 2. The number of carbonyl (C=O) groups is 2. The standard InChI is InChI=1S/C12H19N5O2/c1-6(2)11-15-5-8(14-4)9(17-11)12(19)16-7(3)10(13)18/h5-7,14H,1-4H3,(H2,13,18)(H,16,19). The van der Waals surface area contributed by atoms with Gasteiger partial charge in [-0.15, -0.1) is 0 Å². The van der Waals surface area contributed by atoms with E-state index in [1.54, 1.807) is 13.2 Å². The molecule has 0 spiro atoms. The smallest absolute Gasteiger partial charge is 0.272 e.